The van der Waals surface area contributed by atoms with Gasteiger partial charge in [0.15, 0.2) is 0 Å². The summed E-state index contributed by atoms with van der Waals surface area (Å²) in [6.45, 7) is 6.39. The summed E-state index contributed by atoms with van der Waals surface area (Å²) >= 11 is 0. The first-order valence-electron chi connectivity index (χ1n) is 6.30. The number of rotatable bonds is 2. The van der Waals surface area contributed by atoms with E-state index >= 15 is 0 Å². The van der Waals surface area contributed by atoms with Crippen LogP contribution in [0.2, 0.25) is 0 Å². The van der Waals surface area contributed by atoms with Crippen molar-refractivity contribution >= 4 is 5.97 Å². The van der Waals surface area contributed by atoms with E-state index in [1.165, 1.54) is 0 Å². The molecule has 17 heavy (non-hydrogen) atoms. The number of carbonyl (C=O) groups is 1. The van der Waals surface area contributed by atoms with Gasteiger partial charge in [0, 0.05) is 11.6 Å². The zero-order chi connectivity index (χ0) is 12.6. The normalized spacial score (nSPS) is 23.2. The van der Waals surface area contributed by atoms with Gasteiger partial charge in [0.05, 0.1) is 11.3 Å². The summed E-state index contributed by atoms with van der Waals surface area (Å²) in [7, 11) is 0. The molecule has 0 aromatic carbocycles. The molecule has 1 aliphatic carbocycles. The molecule has 0 aliphatic heterocycles. The highest BCUT2D eigenvalue weighted by molar-refractivity contribution is 5.89. The van der Waals surface area contributed by atoms with Crippen molar-refractivity contribution in [1.29, 1.82) is 0 Å². The average Bonchev–Trinajstić information content (AvgIpc) is 2.32. The smallest absolute Gasteiger partial charge is 0.337 e. The van der Waals surface area contributed by atoms with Gasteiger partial charge in [0.1, 0.15) is 0 Å². The van der Waals surface area contributed by atoms with Crippen molar-refractivity contribution < 1.29 is 9.90 Å². The quantitative estimate of drug-likeness (QED) is 0.854. The molecule has 1 N–H and O–H groups in total. The van der Waals surface area contributed by atoms with Gasteiger partial charge in [-0.1, -0.05) is 20.8 Å². The van der Waals surface area contributed by atoms with Crippen molar-refractivity contribution in [2.75, 3.05) is 0 Å². The van der Waals surface area contributed by atoms with Gasteiger partial charge < -0.3 is 5.11 Å². The molecule has 0 fully saturated rings. The maximum atomic E-state index is 11.2. The Kier molecular flexibility index (Phi) is 3.18. The van der Waals surface area contributed by atoms with Crippen LogP contribution in [0, 0.1) is 5.92 Å². The Balaban J connectivity index is 2.54. The maximum Gasteiger partial charge on any atom is 0.337 e. The van der Waals surface area contributed by atoms with Crippen molar-refractivity contribution in [3.05, 3.63) is 28.6 Å². The molecule has 2 unspecified atom stereocenters. The van der Waals surface area contributed by atoms with Gasteiger partial charge in [-0.3, -0.25) is 4.98 Å². The van der Waals surface area contributed by atoms with E-state index < -0.39 is 5.97 Å². The van der Waals surface area contributed by atoms with E-state index in [1.54, 1.807) is 0 Å². The number of hydrogen-bond donors (Lipinski definition) is 1. The lowest BCUT2D eigenvalue weighted by Gasteiger charge is -2.28. The summed E-state index contributed by atoms with van der Waals surface area (Å²) in [5.74, 6) is 0.214. The molecule has 3 nitrogen and oxygen atoms in total. The minimum Gasteiger partial charge on any atom is -0.478 e. The molecule has 1 aromatic heterocycles. The summed E-state index contributed by atoms with van der Waals surface area (Å²) in [6.07, 6.45) is 2.76. The van der Waals surface area contributed by atoms with Crippen LogP contribution in [-0.2, 0) is 12.8 Å². The van der Waals surface area contributed by atoms with Gasteiger partial charge in [0.25, 0.3) is 0 Å². The Bertz CT molecular complexity index is 454. The van der Waals surface area contributed by atoms with Crippen LogP contribution in [0.4, 0.5) is 0 Å². The van der Waals surface area contributed by atoms with Crippen LogP contribution in [0.15, 0.2) is 6.07 Å². The first-order valence-corrected chi connectivity index (χ1v) is 6.30. The van der Waals surface area contributed by atoms with Crippen LogP contribution in [0.1, 0.15) is 60.4 Å². The lowest BCUT2D eigenvalue weighted by molar-refractivity contribution is 0.0695. The molecule has 3 heteroatoms. The van der Waals surface area contributed by atoms with Gasteiger partial charge in [-0.2, -0.15) is 0 Å². The van der Waals surface area contributed by atoms with Crippen LogP contribution in [0.3, 0.4) is 0 Å². The number of carboxylic acid groups (broad SMARTS) is 1. The second-order valence-electron chi connectivity index (χ2n) is 4.99. The Labute approximate surface area is 102 Å². The van der Waals surface area contributed by atoms with Crippen LogP contribution < -0.4 is 0 Å². The summed E-state index contributed by atoms with van der Waals surface area (Å²) in [6, 6.07) is 1.84. The van der Waals surface area contributed by atoms with Crippen molar-refractivity contribution in [2.24, 2.45) is 5.92 Å². The third kappa shape index (κ3) is 2.06. The SMILES string of the molecule is CCc1nc2c(cc1C(=O)O)CCC(C)C2C. The minimum atomic E-state index is -0.858. The predicted molar refractivity (Wildman–Crippen MR) is 66.5 cm³/mol. The molecule has 2 atom stereocenters. The van der Waals surface area contributed by atoms with E-state index in [0.29, 0.717) is 23.8 Å². The van der Waals surface area contributed by atoms with Crippen molar-refractivity contribution in [1.82, 2.24) is 4.98 Å². The Morgan fingerprint density at radius 2 is 2.24 bits per heavy atom. The van der Waals surface area contributed by atoms with Crippen molar-refractivity contribution in [3.8, 4) is 0 Å². The van der Waals surface area contributed by atoms with Crippen LogP contribution in [-0.4, -0.2) is 16.1 Å². The van der Waals surface area contributed by atoms with E-state index in [-0.39, 0.29) is 0 Å². The van der Waals surface area contributed by atoms with Crippen molar-refractivity contribution in [3.63, 3.8) is 0 Å². The zero-order valence-corrected chi connectivity index (χ0v) is 10.7. The number of nitrogens with zero attached hydrogens (tertiary/aromatic N) is 1. The molecule has 0 saturated heterocycles. The highest BCUT2D eigenvalue weighted by atomic mass is 16.4. The lowest BCUT2D eigenvalue weighted by Crippen LogP contribution is -2.20. The molecule has 2 rings (SSSR count). The van der Waals surface area contributed by atoms with Crippen LogP contribution >= 0.6 is 0 Å². The predicted octanol–water partition coefficient (Wildman–Crippen LogP) is 3.03. The monoisotopic (exact) mass is 233 g/mol. The Morgan fingerprint density at radius 3 is 2.82 bits per heavy atom. The van der Waals surface area contributed by atoms with Gasteiger partial charge in [-0.15, -0.1) is 0 Å². The van der Waals surface area contributed by atoms with Crippen LogP contribution in [0.25, 0.3) is 0 Å². The van der Waals surface area contributed by atoms with E-state index in [1.807, 2.05) is 13.0 Å². The summed E-state index contributed by atoms with van der Waals surface area (Å²) in [5, 5.41) is 9.18. The number of fused-ring (bicyclic) bond motifs is 1. The molecule has 0 spiro atoms. The van der Waals surface area contributed by atoms with Crippen LogP contribution in [0.5, 0.6) is 0 Å². The topological polar surface area (TPSA) is 50.2 Å². The maximum absolute atomic E-state index is 11.2. The van der Waals surface area contributed by atoms with Gasteiger partial charge >= 0.3 is 5.97 Å². The van der Waals surface area contributed by atoms with E-state index in [2.05, 4.69) is 18.8 Å². The summed E-state index contributed by atoms with van der Waals surface area (Å²) in [4.78, 5) is 15.8. The number of aromatic carboxylic acids is 1. The number of carboxylic acids is 1. The first-order chi connectivity index (χ1) is 8.04. The fourth-order valence-corrected chi connectivity index (χ4v) is 2.56. The van der Waals surface area contributed by atoms with Gasteiger partial charge in [-0.25, -0.2) is 4.79 Å². The minimum absolute atomic E-state index is 0.382. The number of aromatic nitrogens is 1. The molecule has 0 saturated carbocycles. The van der Waals surface area contributed by atoms with Crippen molar-refractivity contribution in [2.45, 2.75) is 46.0 Å². The molecule has 92 valence electrons. The molecule has 1 aromatic rings. The highest BCUT2D eigenvalue weighted by Gasteiger charge is 2.26. The molecular formula is C14H19NO2. The molecule has 1 aliphatic rings. The van der Waals surface area contributed by atoms with Gasteiger partial charge in [0.2, 0.25) is 0 Å². The summed E-state index contributed by atoms with van der Waals surface area (Å²) < 4.78 is 0. The number of hydrogen-bond acceptors (Lipinski definition) is 2. The first kappa shape index (κ1) is 12.1. The number of pyridine rings is 1. The second-order valence-corrected chi connectivity index (χ2v) is 4.99. The average molecular weight is 233 g/mol. The third-order valence-electron chi connectivity index (χ3n) is 3.93. The standard InChI is InChI=1S/C14H19NO2/c1-4-12-11(14(16)17)7-10-6-5-8(2)9(3)13(10)15-12/h7-9H,4-6H2,1-3H3,(H,16,17). The molecule has 1 heterocycles. The second kappa shape index (κ2) is 4.47. The Hall–Kier alpha value is -1.38. The fraction of sp³-hybridized carbons (Fsp3) is 0.571. The lowest BCUT2D eigenvalue weighted by atomic mass is 9.79. The fourth-order valence-electron chi connectivity index (χ4n) is 2.56. The zero-order valence-electron chi connectivity index (χ0n) is 10.7. The molecular weight excluding hydrogens is 214 g/mol. The third-order valence-corrected chi connectivity index (χ3v) is 3.93. The highest BCUT2D eigenvalue weighted by Crippen LogP contribution is 2.35. The molecule has 0 radical (unpaired) electrons. The largest absolute Gasteiger partial charge is 0.478 e. The van der Waals surface area contributed by atoms with Gasteiger partial charge in [-0.05, 0) is 36.8 Å². The summed E-state index contributed by atoms with van der Waals surface area (Å²) in [5.41, 5.74) is 3.35. The molecule has 0 bridgehead atoms. The Morgan fingerprint density at radius 1 is 1.53 bits per heavy atom. The van der Waals surface area contributed by atoms with E-state index in [0.717, 1.165) is 29.8 Å². The van der Waals surface area contributed by atoms with E-state index in [9.17, 15) is 9.90 Å². The van der Waals surface area contributed by atoms with E-state index in [4.69, 9.17) is 0 Å². The number of aryl methyl sites for hydroxylation is 2. The molecule has 0 amide bonds.